The third-order valence-corrected chi connectivity index (χ3v) is 5.01. The van der Waals surface area contributed by atoms with Crippen LogP contribution in [0.2, 0.25) is 0 Å². The van der Waals surface area contributed by atoms with E-state index in [2.05, 4.69) is 12.2 Å². The minimum absolute atomic E-state index is 0.0225. The van der Waals surface area contributed by atoms with Gasteiger partial charge in [0, 0.05) is 6.54 Å². The van der Waals surface area contributed by atoms with Crippen LogP contribution in [0.25, 0.3) is 0 Å². The first-order chi connectivity index (χ1) is 9.81. The van der Waals surface area contributed by atoms with Gasteiger partial charge in [-0.3, -0.25) is 9.59 Å². The first-order valence-electron chi connectivity index (χ1n) is 8.42. The fourth-order valence-corrected chi connectivity index (χ4v) is 3.84. The smallest absolute Gasteiger partial charge is 0.246 e. The summed E-state index contributed by atoms with van der Waals surface area (Å²) in [6.45, 7) is 11.1. The van der Waals surface area contributed by atoms with Crippen LogP contribution >= 0.6 is 0 Å². The van der Waals surface area contributed by atoms with Crippen molar-refractivity contribution < 1.29 is 9.59 Å². The van der Waals surface area contributed by atoms with Crippen molar-refractivity contribution in [1.29, 1.82) is 0 Å². The second-order valence-electron chi connectivity index (χ2n) is 7.69. The number of hydrogen-bond acceptors (Lipinski definition) is 2. The summed E-state index contributed by atoms with van der Waals surface area (Å²) in [7, 11) is 0. The first-order valence-corrected chi connectivity index (χ1v) is 8.42. The van der Waals surface area contributed by atoms with Crippen LogP contribution in [-0.4, -0.2) is 35.3 Å². The van der Waals surface area contributed by atoms with Gasteiger partial charge in [-0.25, -0.2) is 0 Å². The van der Waals surface area contributed by atoms with Gasteiger partial charge in [0.2, 0.25) is 11.8 Å². The van der Waals surface area contributed by atoms with E-state index in [9.17, 15) is 9.59 Å². The van der Waals surface area contributed by atoms with Crippen molar-refractivity contribution in [3.63, 3.8) is 0 Å². The zero-order chi connectivity index (χ0) is 15.7. The number of amides is 2. The molecule has 120 valence electrons. The first kappa shape index (κ1) is 16.3. The minimum atomic E-state index is -0.355. The Morgan fingerprint density at radius 1 is 1.14 bits per heavy atom. The third kappa shape index (κ3) is 3.41. The Kier molecular flexibility index (Phi) is 4.95. The van der Waals surface area contributed by atoms with Crippen LogP contribution in [0.5, 0.6) is 0 Å². The third-order valence-electron chi connectivity index (χ3n) is 5.01. The average Bonchev–Trinajstić information content (AvgIpc) is 2.78. The molecule has 4 unspecified atom stereocenters. The summed E-state index contributed by atoms with van der Waals surface area (Å²) in [5.74, 6) is 1.74. The number of piperazine rings is 1. The van der Waals surface area contributed by atoms with Crippen molar-refractivity contribution in [3.8, 4) is 0 Å². The van der Waals surface area contributed by atoms with Crippen molar-refractivity contribution in [3.05, 3.63) is 0 Å². The summed E-state index contributed by atoms with van der Waals surface area (Å²) in [5, 5.41) is 2.93. The lowest BCUT2D eigenvalue weighted by Crippen LogP contribution is -2.66. The lowest BCUT2D eigenvalue weighted by Gasteiger charge is -2.43. The van der Waals surface area contributed by atoms with Crippen molar-refractivity contribution in [1.82, 2.24) is 10.2 Å². The van der Waals surface area contributed by atoms with Crippen LogP contribution in [0.15, 0.2) is 0 Å². The fourth-order valence-electron chi connectivity index (χ4n) is 3.84. The molecule has 1 saturated heterocycles. The van der Waals surface area contributed by atoms with Gasteiger partial charge >= 0.3 is 0 Å². The average molecular weight is 294 g/mol. The maximum absolute atomic E-state index is 12.8. The Balaban J connectivity index is 2.17. The number of nitrogens with one attached hydrogen (secondary N) is 1. The maximum Gasteiger partial charge on any atom is 0.246 e. The number of carbonyl (C=O) groups is 2. The molecule has 0 aromatic heterocycles. The molecule has 1 aliphatic heterocycles. The van der Waals surface area contributed by atoms with Crippen molar-refractivity contribution >= 4 is 11.8 Å². The van der Waals surface area contributed by atoms with E-state index in [1.807, 2.05) is 32.6 Å². The highest BCUT2D eigenvalue weighted by molar-refractivity contribution is 5.97. The molecule has 2 rings (SSSR count). The molecule has 0 spiro atoms. The van der Waals surface area contributed by atoms with Gasteiger partial charge in [0.15, 0.2) is 0 Å². The molecule has 1 heterocycles. The Hall–Kier alpha value is -1.06. The van der Waals surface area contributed by atoms with Gasteiger partial charge in [-0.1, -0.05) is 41.0 Å². The summed E-state index contributed by atoms with van der Waals surface area (Å²) in [5.41, 5.74) is 0. The lowest BCUT2D eigenvalue weighted by molar-refractivity contribution is -0.153. The number of hydrogen-bond donors (Lipinski definition) is 1. The number of rotatable bonds is 4. The van der Waals surface area contributed by atoms with Crippen LogP contribution in [0.1, 0.15) is 53.9 Å². The molecule has 0 aromatic carbocycles. The molecule has 2 amide bonds. The Labute approximate surface area is 128 Å². The largest absolute Gasteiger partial charge is 0.342 e. The molecule has 1 saturated carbocycles. The van der Waals surface area contributed by atoms with Gasteiger partial charge in [-0.15, -0.1) is 0 Å². The Bertz CT molecular complexity index is 406. The number of nitrogens with zero attached hydrogens (tertiary/aromatic N) is 1. The zero-order valence-electron chi connectivity index (χ0n) is 14.1. The second kappa shape index (κ2) is 6.37. The van der Waals surface area contributed by atoms with Gasteiger partial charge in [-0.05, 0) is 36.5 Å². The monoisotopic (exact) mass is 294 g/mol. The molecule has 4 atom stereocenters. The SMILES string of the molecule is CC1CCC(CN2C(=O)C(C(C)C)NC(=O)C2C(C)C)C1. The molecule has 4 nitrogen and oxygen atoms in total. The molecule has 1 aliphatic carbocycles. The van der Waals surface area contributed by atoms with Gasteiger partial charge in [0.1, 0.15) is 12.1 Å². The van der Waals surface area contributed by atoms with Crippen LogP contribution in [0.4, 0.5) is 0 Å². The summed E-state index contributed by atoms with van der Waals surface area (Å²) >= 11 is 0. The summed E-state index contributed by atoms with van der Waals surface area (Å²) in [6.07, 6.45) is 3.62. The van der Waals surface area contributed by atoms with E-state index in [0.29, 0.717) is 5.92 Å². The molecule has 0 radical (unpaired) electrons. The minimum Gasteiger partial charge on any atom is -0.342 e. The molecular weight excluding hydrogens is 264 g/mol. The zero-order valence-corrected chi connectivity index (χ0v) is 14.1. The number of carbonyl (C=O) groups excluding carboxylic acids is 2. The highest BCUT2D eigenvalue weighted by Gasteiger charge is 2.43. The van der Waals surface area contributed by atoms with Gasteiger partial charge < -0.3 is 10.2 Å². The van der Waals surface area contributed by atoms with Crippen molar-refractivity contribution in [2.45, 2.75) is 66.0 Å². The van der Waals surface area contributed by atoms with Gasteiger partial charge in [0.25, 0.3) is 0 Å². The van der Waals surface area contributed by atoms with Gasteiger partial charge in [-0.2, -0.15) is 0 Å². The quantitative estimate of drug-likeness (QED) is 0.865. The molecule has 21 heavy (non-hydrogen) atoms. The lowest BCUT2D eigenvalue weighted by atomic mass is 9.91. The standard InChI is InChI=1S/C17H30N2O2/c1-10(2)14-17(21)19(9-13-7-6-12(5)8-13)15(11(3)4)16(20)18-14/h10-15H,6-9H2,1-5H3,(H,18,20). The fraction of sp³-hybridized carbons (Fsp3) is 0.882. The van der Waals surface area contributed by atoms with E-state index in [1.54, 1.807) is 0 Å². The van der Waals surface area contributed by atoms with Crippen LogP contribution in [0.3, 0.4) is 0 Å². The molecule has 4 heteroatoms. The van der Waals surface area contributed by atoms with E-state index in [1.165, 1.54) is 19.3 Å². The normalized spacial score (nSPS) is 34.0. The van der Waals surface area contributed by atoms with Crippen molar-refractivity contribution in [2.75, 3.05) is 6.54 Å². The predicted octanol–water partition coefficient (Wildman–Crippen LogP) is 2.43. The molecule has 2 aliphatic rings. The van der Waals surface area contributed by atoms with Crippen molar-refractivity contribution in [2.24, 2.45) is 23.7 Å². The van der Waals surface area contributed by atoms with E-state index in [4.69, 9.17) is 0 Å². The predicted molar refractivity (Wildman–Crippen MR) is 83.6 cm³/mol. The van der Waals surface area contributed by atoms with Crippen LogP contribution in [0, 0.1) is 23.7 Å². The summed E-state index contributed by atoms with van der Waals surface area (Å²) in [6, 6.07) is -0.658. The highest BCUT2D eigenvalue weighted by atomic mass is 16.2. The van der Waals surface area contributed by atoms with Crippen LogP contribution in [-0.2, 0) is 9.59 Å². The van der Waals surface area contributed by atoms with Crippen LogP contribution < -0.4 is 5.32 Å². The summed E-state index contributed by atoms with van der Waals surface area (Å²) < 4.78 is 0. The summed E-state index contributed by atoms with van der Waals surface area (Å²) in [4.78, 5) is 27.1. The maximum atomic E-state index is 12.8. The molecule has 2 fully saturated rings. The van der Waals surface area contributed by atoms with E-state index < -0.39 is 0 Å². The molecular formula is C17H30N2O2. The Morgan fingerprint density at radius 3 is 2.29 bits per heavy atom. The molecule has 0 aromatic rings. The second-order valence-corrected chi connectivity index (χ2v) is 7.69. The topological polar surface area (TPSA) is 49.4 Å². The highest BCUT2D eigenvalue weighted by Crippen LogP contribution is 2.32. The van der Waals surface area contributed by atoms with E-state index in [0.717, 1.165) is 12.5 Å². The Morgan fingerprint density at radius 2 is 1.81 bits per heavy atom. The molecule has 0 bridgehead atoms. The van der Waals surface area contributed by atoms with E-state index in [-0.39, 0.29) is 35.7 Å². The van der Waals surface area contributed by atoms with E-state index >= 15 is 0 Å². The molecule has 1 N–H and O–H groups in total. The van der Waals surface area contributed by atoms with Gasteiger partial charge in [0.05, 0.1) is 0 Å².